The van der Waals surface area contributed by atoms with Crippen molar-refractivity contribution in [3.63, 3.8) is 0 Å². The minimum absolute atomic E-state index is 0.219. The van der Waals surface area contributed by atoms with Crippen LogP contribution in [-0.2, 0) is 11.3 Å². The van der Waals surface area contributed by atoms with E-state index in [4.69, 9.17) is 16.3 Å². The van der Waals surface area contributed by atoms with E-state index >= 15 is 0 Å². The smallest absolute Gasteiger partial charge is 0.412 e. The first-order valence-corrected chi connectivity index (χ1v) is 8.24. The van der Waals surface area contributed by atoms with E-state index in [-0.39, 0.29) is 5.91 Å². The summed E-state index contributed by atoms with van der Waals surface area (Å²) in [6.07, 6.45) is -0.538. The lowest BCUT2D eigenvalue weighted by Gasteiger charge is -2.19. The van der Waals surface area contributed by atoms with E-state index in [1.165, 1.54) is 0 Å². The molecule has 0 aliphatic heterocycles. The maximum Gasteiger partial charge on any atom is 0.412 e. The first-order chi connectivity index (χ1) is 11.7. The molecule has 2 rings (SSSR count). The summed E-state index contributed by atoms with van der Waals surface area (Å²) in [5, 5.41) is 6.04. The van der Waals surface area contributed by atoms with Gasteiger partial charge in [-0.3, -0.25) is 10.1 Å². The van der Waals surface area contributed by atoms with Crippen molar-refractivity contribution in [1.29, 1.82) is 0 Å². The van der Waals surface area contributed by atoms with Gasteiger partial charge in [-0.15, -0.1) is 0 Å². The molecule has 0 atom stereocenters. The average Bonchev–Trinajstić information content (AvgIpc) is 2.52. The van der Waals surface area contributed by atoms with Gasteiger partial charge in [-0.2, -0.15) is 0 Å². The Kier molecular flexibility index (Phi) is 6.04. The summed E-state index contributed by atoms with van der Waals surface area (Å²) in [6.45, 7) is 5.72. The summed E-state index contributed by atoms with van der Waals surface area (Å²) in [5.74, 6) is -0.219. The van der Waals surface area contributed by atoms with Crippen LogP contribution in [0.15, 0.2) is 48.5 Å². The van der Waals surface area contributed by atoms with Crippen LogP contribution in [-0.4, -0.2) is 17.6 Å². The number of halogens is 1. The molecular weight excluding hydrogens is 340 g/mol. The van der Waals surface area contributed by atoms with E-state index in [9.17, 15) is 9.59 Å². The molecule has 0 aliphatic carbocycles. The highest BCUT2D eigenvalue weighted by Crippen LogP contribution is 2.15. The minimum atomic E-state index is -0.567. The molecule has 0 aromatic heterocycles. The Morgan fingerprint density at radius 2 is 1.68 bits per heavy atom. The number of carbonyl (C=O) groups excluding carboxylic acids is 2. The summed E-state index contributed by atoms with van der Waals surface area (Å²) in [5.41, 5.74) is 1.32. The van der Waals surface area contributed by atoms with Gasteiger partial charge in [-0.1, -0.05) is 29.8 Å². The predicted octanol–water partition coefficient (Wildman–Crippen LogP) is 4.62. The molecule has 0 saturated heterocycles. The van der Waals surface area contributed by atoms with Crippen LogP contribution in [0.3, 0.4) is 0 Å². The van der Waals surface area contributed by atoms with Gasteiger partial charge in [-0.25, -0.2) is 4.79 Å². The molecule has 0 fully saturated rings. The summed E-state index contributed by atoms with van der Waals surface area (Å²) < 4.78 is 5.18. The van der Waals surface area contributed by atoms with E-state index in [0.29, 0.717) is 22.8 Å². The molecule has 0 heterocycles. The molecule has 2 amide bonds. The van der Waals surface area contributed by atoms with Crippen LogP contribution in [0.2, 0.25) is 5.02 Å². The van der Waals surface area contributed by atoms with Gasteiger partial charge in [0.2, 0.25) is 0 Å². The SMILES string of the molecule is CC(C)(C)OC(=O)Nc1ccc(C(=O)NCc2ccccc2Cl)cc1. The molecule has 0 bridgehead atoms. The quantitative estimate of drug-likeness (QED) is 0.836. The van der Waals surface area contributed by atoms with E-state index in [0.717, 1.165) is 5.56 Å². The minimum Gasteiger partial charge on any atom is -0.444 e. The monoisotopic (exact) mass is 360 g/mol. The Bertz CT molecular complexity index is 752. The number of amides is 2. The topological polar surface area (TPSA) is 67.4 Å². The highest BCUT2D eigenvalue weighted by Gasteiger charge is 2.16. The number of anilines is 1. The van der Waals surface area contributed by atoms with E-state index in [1.54, 1.807) is 51.1 Å². The van der Waals surface area contributed by atoms with Crippen molar-refractivity contribution in [1.82, 2.24) is 5.32 Å². The molecule has 132 valence electrons. The zero-order valence-electron chi connectivity index (χ0n) is 14.4. The van der Waals surface area contributed by atoms with Gasteiger partial charge < -0.3 is 10.1 Å². The third-order valence-corrected chi connectivity index (χ3v) is 3.56. The van der Waals surface area contributed by atoms with Crippen molar-refractivity contribution in [2.24, 2.45) is 0 Å². The third kappa shape index (κ3) is 6.12. The van der Waals surface area contributed by atoms with Gasteiger partial charge in [-0.05, 0) is 56.7 Å². The number of nitrogens with one attached hydrogen (secondary N) is 2. The van der Waals surface area contributed by atoms with Gasteiger partial charge in [0.15, 0.2) is 0 Å². The molecule has 6 heteroatoms. The van der Waals surface area contributed by atoms with Crippen molar-refractivity contribution in [3.05, 3.63) is 64.7 Å². The maximum atomic E-state index is 12.2. The fourth-order valence-electron chi connectivity index (χ4n) is 2.05. The van der Waals surface area contributed by atoms with Gasteiger partial charge in [0, 0.05) is 22.8 Å². The summed E-state index contributed by atoms with van der Waals surface area (Å²) in [4.78, 5) is 23.9. The molecule has 0 saturated carbocycles. The molecule has 2 aromatic rings. The van der Waals surface area contributed by atoms with Crippen molar-refractivity contribution in [2.45, 2.75) is 32.9 Å². The largest absolute Gasteiger partial charge is 0.444 e. The van der Waals surface area contributed by atoms with Crippen molar-refractivity contribution < 1.29 is 14.3 Å². The Morgan fingerprint density at radius 1 is 1.04 bits per heavy atom. The zero-order chi connectivity index (χ0) is 18.4. The highest BCUT2D eigenvalue weighted by atomic mass is 35.5. The maximum absolute atomic E-state index is 12.2. The summed E-state index contributed by atoms with van der Waals surface area (Å²) in [7, 11) is 0. The van der Waals surface area contributed by atoms with Crippen LogP contribution in [0.5, 0.6) is 0 Å². The molecule has 2 N–H and O–H groups in total. The third-order valence-electron chi connectivity index (χ3n) is 3.19. The Hall–Kier alpha value is -2.53. The molecule has 25 heavy (non-hydrogen) atoms. The lowest BCUT2D eigenvalue weighted by atomic mass is 10.1. The number of hydrogen-bond acceptors (Lipinski definition) is 3. The van der Waals surface area contributed by atoms with Crippen LogP contribution in [0, 0.1) is 0 Å². The molecule has 0 radical (unpaired) electrons. The second-order valence-electron chi connectivity index (χ2n) is 6.48. The molecular formula is C19H21ClN2O3. The lowest BCUT2D eigenvalue weighted by molar-refractivity contribution is 0.0635. The fourth-order valence-corrected chi connectivity index (χ4v) is 2.25. The van der Waals surface area contributed by atoms with Gasteiger partial charge >= 0.3 is 6.09 Å². The van der Waals surface area contributed by atoms with E-state index < -0.39 is 11.7 Å². The number of benzene rings is 2. The predicted molar refractivity (Wildman–Crippen MR) is 98.9 cm³/mol. The number of hydrogen-bond donors (Lipinski definition) is 2. The van der Waals surface area contributed by atoms with Crippen LogP contribution in [0.4, 0.5) is 10.5 Å². The fraction of sp³-hybridized carbons (Fsp3) is 0.263. The van der Waals surface area contributed by atoms with Crippen molar-refractivity contribution in [2.75, 3.05) is 5.32 Å². The zero-order valence-corrected chi connectivity index (χ0v) is 15.2. The van der Waals surface area contributed by atoms with Crippen LogP contribution < -0.4 is 10.6 Å². The van der Waals surface area contributed by atoms with E-state index in [2.05, 4.69) is 10.6 Å². The highest BCUT2D eigenvalue weighted by molar-refractivity contribution is 6.31. The first-order valence-electron chi connectivity index (χ1n) is 7.86. The molecule has 0 aliphatic rings. The lowest BCUT2D eigenvalue weighted by Crippen LogP contribution is -2.27. The van der Waals surface area contributed by atoms with Gasteiger partial charge in [0.1, 0.15) is 5.60 Å². The average molecular weight is 361 g/mol. The molecule has 0 spiro atoms. The van der Waals surface area contributed by atoms with Crippen LogP contribution in [0.25, 0.3) is 0 Å². The Balaban J connectivity index is 1.92. The van der Waals surface area contributed by atoms with Gasteiger partial charge in [0.25, 0.3) is 5.91 Å². The number of rotatable bonds is 4. The summed E-state index contributed by atoms with van der Waals surface area (Å²) in [6, 6.07) is 13.9. The van der Waals surface area contributed by atoms with Crippen LogP contribution in [0.1, 0.15) is 36.7 Å². The van der Waals surface area contributed by atoms with E-state index in [1.807, 2.05) is 18.2 Å². The van der Waals surface area contributed by atoms with Crippen LogP contribution >= 0.6 is 11.6 Å². The molecule has 5 nitrogen and oxygen atoms in total. The Labute approximate surface area is 152 Å². The standard InChI is InChI=1S/C19H21ClN2O3/c1-19(2,3)25-18(24)22-15-10-8-13(9-11-15)17(23)21-12-14-6-4-5-7-16(14)20/h4-11H,12H2,1-3H3,(H,21,23)(H,22,24). The second-order valence-corrected chi connectivity index (χ2v) is 6.89. The number of carbonyl (C=O) groups is 2. The molecule has 2 aromatic carbocycles. The van der Waals surface area contributed by atoms with Crippen molar-refractivity contribution >= 4 is 29.3 Å². The molecule has 0 unspecified atom stereocenters. The Morgan fingerprint density at radius 3 is 2.28 bits per heavy atom. The second kappa shape index (κ2) is 8.03. The van der Waals surface area contributed by atoms with Crippen molar-refractivity contribution in [3.8, 4) is 0 Å². The normalized spacial score (nSPS) is 10.9. The number of ether oxygens (including phenoxy) is 1. The summed E-state index contributed by atoms with van der Waals surface area (Å²) >= 11 is 6.07. The van der Waals surface area contributed by atoms with Gasteiger partial charge in [0.05, 0.1) is 0 Å². The first kappa shape index (κ1) is 18.8.